The molecule has 1 aromatic carbocycles. The summed E-state index contributed by atoms with van der Waals surface area (Å²) >= 11 is 0. The first-order valence-corrected chi connectivity index (χ1v) is 11.3. The largest absolute Gasteiger partial charge is 0.464 e. The molecule has 0 saturated carbocycles. The van der Waals surface area contributed by atoms with Crippen LogP contribution in [-0.4, -0.2) is 47.4 Å². The molecule has 9 heteroatoms. The Morgan fingerprint density at radius 2 is 2.00 bits per heavy atom. The topological polar surface area (TPSA) is 83.5 Å². The first-order valence-electron chi connectivity index (χ1n) is 11.3. The molecule has 0 radical (unpaired) electrons. The van der Waals surface area contributed by atoms with Gasteiger partial charge in [0, 0.05) is 45.3 Å². The van der Waals surface area contributed by atoms with E-state index in [-0.39, 0.29) is 30.0 Å². The summed E-state index contributed by atoms with van der Waals surface area (Å²) in [6.45, 7) is 9.29. The molecule has 1 atom stereocenters. The standard InChI is InChI=1S/C24H35N7O.HI/c1-5-23-29-27-18-31(23)17-15-26-24(28-20(3)22-13-12-19(2)32-22)25-14-9-16-30(4)21-10-7-6-8-11-21;/h6-8,10-13,18,20H,5,9,14-17H2,1-4H3,(H2,25,26,28);1H. The number of nitrogens with one attached hydrogen (secondary N) is 2. The second-order valence-corrected chi connectivity index (χ2v) is 7.88. The molecule has 0 fully saturated rings. The van der Waals surface area contributed by atoms with Crippen molar-refractivity contribution in [3.05, 3.63) is 66.1 Å². The Kier molecular flexibility index (Phi) is 11.2. The highest BCUT2D eigenvalue weighted by atomic mass is 127. The van der Waals surface area contributed by atoms with Crippen LogP contribution in [0.15, 0.2) is 58.2 Å². The van der Waals surface area contributed by atoms with Crippen molar-refractivity contribution >= 4 is 35.6 Å². The normalized spacial score (nSPS) is 12.2. The molecule has 3 aromatic rings. The fourth-order valence-corrected chi connectivity index (χ4v) is 3.46. The summed E-state index contributed by atoms with van der Waals surface area (Å²) in [6, 6.07) is 14.4. The maximum atomic E-state index is 5.77. The van der Waals surface area contributed by atoms with Gasteiger partial charge >= 0.3 is 0 Å². The zero-order valence-electron chi connectivity index (χ0n) is 20.0. The Morgan fingerprint density at radius 3 is 2.70 bits per heavy atom. The monoisotopic (exact) mass is 565 g/mol. The molecular formula is C24H36IN7O. The lowest BCUT2D eigenvalue weighted by Gasteiger charge is -2.19. The quantitative estimate of drug-likeness (QED) is 0.157. The van der Waals surface area contributed by atoms with E-state index in [0.717, 1.165) is 62.3 Å². The Morgan fingerprint density at radius 1 is 1.21 bits per heavy atom. The predicted octanol–water partition coefficient (Wildman–Crippen LogP) is 4.18. The van der Waals surface area contributed by atoms with Gasteiger partial charge in [0.05, 0.1) is 6.04 Å². The van der Waals surface area contributed by atoms with E-state index in [1.165, 1.54) is 5.69 Å². The number of guanidine groups is 1. The summed E-state index contributed by atoms with van der Waals surface area (Å²) in [5, 5.41) is 15.1. The van der Waals surface area contributed by atoms with Crippen LogP contribution in [-0.2, 0) is 13.0 Å². The third-order valence-corrected chi connectivity index (χ3v) is 5.32. The Labute approximate surface area is 213 Å². The SMILES string of the molecule is CCc1nncn1CCNC(=NCCCN(C)c1ccccc1)NC(C)c1ccc(C)o1.I. The van der Waals surface area contributed by atoms with Crippen molar-refractivity contribution in [2.45, 2.75) is 46.2 Å². The third kappa shape index (κ3) is 8.38. The second-order valence-electron chi connectivity index (χ2n) is 7.88. The third-order valence-electron chi connectivity index (χ3n) is 5.32. The highest BCUT2D eigenvalue weighted by Crippen LogP contribution is 2.15. The molecule has 33 heavy (non-hydrogen) atoms. The number of hydrogen-bond acceptors (Lipinski definition) is 5. The molecule has 0 amide bonds. The van der Waals surface area contributed by atoms with E-state index in [0.29, 0.717) is 0 Å². The van der Waals surface area contributed by atoms with Crippen molar-refractivity contribution in [3.63, 3.8) is 0 Å². The van der Waals surface area contributed by atoms with Gasteiger partial charge in [0.15, 0.2) is 5.96 Å². The molecule has 2 N–H and O–H groups in total. The van der Waals surface area contributed by atoms with E-state index in [9.17, 15) is 0 Å². The molecule has 0 spiro atoms. The van der Waals surface area contributed by atoms with Crippen LogP contribution >= 0.6 is 24.0 Å². The molecule has 180 valence electrons. The van der Waals surface area contributed by atoms with Gasteiger partial charge in [-0.1, -0.05) is 25.1 Å². The lowest BCUT2D eigenvalue weighted by molar-refractivity contribution is 0.440. The van der Waals surface area contributed by atoms with Crippen LogP contribution in [0.5, 0.6) is 0 Å². The van der Waals surface area contributed by atoms with Crippen molar-refractivity contribution in [2.75, 3.05) is 31.6 Å². The summed E-state index contributed by atoms with van der Waals surface area (Å²) in [6.07, 6.45) is 3.60. The first kappa shape index (κ1) is 26.7. The van der Waals surface area contributed by atoms with E-state index >= 15 is 0 Å². The lowest BCUT2D eigenvalue weighted by atomic mass is 10.2. The summed E-state index contributed by atoms with van der Waals surface area (Å²) in [5.41, 5.74) is 1.22. The number of nitrogens with zero attached hydrogens (tertiary/aromatic N) is 5. The average Bonchev–Trinajstić information content (AvgIpc) is 3.45. The number of aryl methyl sites for hydroxylation is 2. The molecule has 3 rings (SSSR count). The molecular weight excluding hydrogens is 529 g/mol. The number of furan rings is 1. The molecule has 1 unspecified atom stereocenters. The number of hydrogen-bond donors (Lipinski definition) is 2. The number of anilines is 1. The maximum Gasteiger partial charge on any atom is 0.191 e. The van der Waals surface area contributed by atoms with Crippen LogP contribution in [0.25, 0.3) is 0 Å². The minimum atomic E-state index is 0. The second kappa shape index (κ2) is 13.9. The van der Waals surface area contributed by atoms with Gasteiger partial charge in [0.2, 0.25) is 0 Å². The van der Waals surface area contributed by atoms with Gasteiger partial charge in [-0.15, -0.1) is 34.2 Å². The molecule has 0 aliphatic rings. The zero-order valence-corrected chi connectivity index (χ0v) is 22.3. The summed E-state index contributed by atoms with van der Waals surface area (Å²) in [4.78, 5) is 7.06. The van der Waals surface area contributed by atoms with Gasteiger partial charge < -0.3 is 24.5 Å². The molecule has 0 saturated heterocycles. The number of para-hydroxylation sites is 1. The Hall–Kier alpha value is -2.56. The Bertz CT molecular complexity index is 970. The number of aromatic nitrogens is 3. The molecule has 0 aliphatic heterocycles. The van der Waals surface area contributed by atoms with Gasteiger partial charge in [0.25, 0.3) is 0 Å². The van der Waals surface area contributed by atoms with Crippen molar-refractivity contribution in [3.8, 4) is 0 Å². The summed E-state index contributed by atoms with van der Waals surface area (Å²) in [5.74, 6) is 3.57. The van der Waals surface area contributed by atoms with E-state index in [1.54, 1.807) is 6.33 Å². The van der Waals surface area contributed by atoms with Crippen molar-refractivity contribution < 1.29 is 4.42 Å². The van der Waals surface area contributed by atoms with Crippen LogP contribution in [0.1, 0.15) is 43.7 Å². The predicted molar refractivity (Wildman–Crippen MR) is 144 cm³/mol. The van der Waals surface area contributed by atoms with Gasteiger partial charge in [-0.05, 0) is 44.5 Å². The van der Waals surface area contributed by atoms with Crippen molar-refractivity contribution in [1.82, 2.24) is 25.4 Å². The summed E-state index contributed by atoms with van der Waals surface area (Å²) < 4.78 is 7.84. The molecule has 8 nitrogen and oxygen atoms in total. The lowest BCUT2D eigenvalue weighted by Crippen LogP contribution is -2.40. The van der Waals surface area contributed by atoms with Crippen LogP contribution in [0.2, 0.25) is 0 Å². The van der Waals surface area contributed by atoms with E-state index in [1.807, 2.05) is 25.1 Å². The smallest absolute Gasteiger partial charge is 0.191 e. The number of aliphatic imine (C=N–C) groups is 1. The number of benzene rings is 1. The average molecular weight is 566 g/mol. The summed E-state index contributed by atoms with van der Waals surface area (Å²) in [7, 11) is 2.11. The minimum Gasteiger partial charge on any atom is -0.464 e. The number of rotatable bonds is 11. The van der Waals surface area contributed by atoms with Crippen LogP contribution < -0.4 is 15.5 Å². The fourth-order valence-electron chi connectivity index (χ4n) is 3.46. The first-order chi connectivity index (χ1) is 15.6. The molecule has 2 aromatic heterocycles. The maximum absolute atomic E-state index is 5.77. The van der Waals surface area contributed by atoms with Crippen LogP contribution in [0.3, 0.4) is 0 Å². The highest BCUT2D eigenvalue weighted by Gasteiger charge is 2.12. The molecule has 0 bridgehead atoms. The van der Waals surface area contributed by atoms with E-state index in [2.05, 4.69) is 75.5 Å². The van der Waals surface area contributed by atoms with Gasteiger partial charge in [-0.25, -0.2) is 0 Å². The minimum absolute atomic E-state index is 0. The van der Waals surface area contributed by atoms with Crippen LogP contribution in [0.4, 0.5) is 5.69 Å². The Balaban J connectivity index is 0.00000385. The highest BCUT2D eigenvalue weighted by molar-refractivity contribution is 14.0. The molecule has 0 aliphatic carbocycles. The van der Waals surface area contributed by atoms with Gasteiger partial charge in [-0.2, -0.15) is 0 Å². The van der Waals surface area contributed by atoms with Crippen LogP contribution in [0, 0.1) is 6.92 Å². The van der Waals surface area contributed by atoms with Gasteiger partial charge in [-0.3, -0.25) is 4.99 Å². The zero-order chi connectivity index (χ0) is 22.8. The fraction of sp³-hybridized carbons (Fsp3) is 0.458. The van der Waals surface area contributed by atoms with E-state index in [4.69, 9.17) is 9.41 Å². The van der Waals surface area contributed by atoms with Crippen molar-refractivity contribution in [2.24, 2.45) is 4.99 Å². The van der Waals surface area contributed by atoms with Gasteiger partial charge in [0.1, 0.15) is 23.7 Å². The van der Waals surface area contributed by atoms with Crippen molar-refractivity contribution in [1.29, 1.82) is 0 Å². The molecule has 2 heterocycles. The number of halogens is 1. The van der Waals surface area contributed by atoms with E-state index < -0.39 is 0 Å².